The van der Waals surface area contributed by atoms with Gasteiger partial charge in [0.15, 0.2) is 0 Å². The number of imide groups is 1. The summed E-state index contributed by atoms with van der Waals surface area (Å²) >= 11 is 0. The predicted octanol–water partition coefficient (Wildman–Crippen LogP) is 2.26. The highest BCUT2D eigenvalue weighted by Crippen LogP contribution is 2.27. The van der Waals surface area contributed by atoms with Crippen LogP contribution < -0.4 is 0 Å². The first-order valence-corrected chi connectivity index (χ1v) is 6.81. The summed E-state index contributed by atoms with van der Waals surface area (Å²) < 4.78 is 5.61. The van der Waals surface area contributed by atoms with E-state index in [-0.39, 0.29) is 30.5 Å². The van der Waals surface area contributed by atoms with Gasteiger partial charge in [0, 0.05) is 18.4 Å². The van der Waals surface area contributed by atoms with Crippen LogP contribution in [0.25, 0.3) is 11.5 Å². The van der Waals surface area contributed by atoms with E-state index in [9.17, 15) is 9.59 Å². The van der Waals surface area contributed by atoms with Gasteiger partial charge in [-0.2, -0.15) is 0 Å². The average Bonchev–Trinajstić information content (AvgIpc) is 3.07. The maximum absolute atomic E-state index is 11.7. The molecule has 1 aromatic carbocycles. The molecule has 0 bridgehead atoms. The number of nitrogens with zero attached hydrogens (tertiary/aromatic N) is 3. The molecule has 6 heteroatoms. The number of benzene rings is 1. The molecule has 2 amide bonds. The summed E-state index contributed by atoms with van der Waals surface area (Å²) in [4.78, 5) is 24.7. The van der Waals surface area contributed by atoms with Gasteiger partial charge in [0.05, 0.1) is 0 Å². The van der Waals surface area contributed by atoms with Gasteiger partial charge in [-0.25, -0.2) is 0 Å². The van der Waals surface area contributed by atoms with E-state index in [2.05, 4.69) is 10.2 Å². The average molecular weight is 285 g/mol. The van der Waals surface area contributed by atoms with Crippen molar-refractivity contribution in [2.45, 2.75) is 32.7 Å². The third kappa shape index (κ3) is 2.44. The van der Waals surface area contributed by atoms with Gasteiger partial charge in [-0.15, -0.1) is 10.2 Å². The number of carbonyl (C=O) groups excluding carboxylic acids is 2. The standard InChI is InChI=1S/C15H15N3O3/c1-9-3-5-11(6-4-9)15-17-16-14(21-15)10(2)18-12(19)7-8-13(18)20/h3-6,10H,7-8H2,1-2H3/t10-/m0/s1. The molecule has 21 heavy (non-hydrogen) atoms. The van der Waals surface area contributed by atoms with Crippen LogP contribution in [0.3, 0.4) is 0 Å². The number of hydrogen-bond acceptors (Lipinski definition) is 5. The molecule has 0 spiro atoms. The third-order valence-corrected chi connectivity index (χ3v) is 3.57. The van der Waals surface area contributed by atoms with E-state index in [1.54, 1.807) is 6.92 Å². The number of hydrogen-bond donors (Lipinski definition) is 0. The van der Waals surface area contributed by atoms with Crippen molar-refractivity contribution >= 4 is 11.8 Å². The molecule has 108 valence electrons. The Morgan fingerprint density at radius 2 is 1.71 bits per heavy atom. The van der Waals surface area contributed by atoms with Gasteiger partial charge in [0.1, 0.15) is 6.04 Å². The minimum absolute atomic E-state index is 0.192. The molecule has 0 unspecified atom stereocenters. The fraction of sp³-hybridized carbons (Fsp3) is 0.333. The lowest BCUT2D eigenvalue weighted by atomic mass is 10.1. The van der Waals surface area contributed by atoms with E-state index < -0.39 is 6.04 Å². The summed E-state index contributed by atoms with van der Waals surface area (Å²) in [5.41, 5.74) is 1.95. The van der Waals surface area contributed by atoms with Gasteiger partial charge < -0.3 is 4.42 Å². The van der Waals surface area contributed by atoms with Crippen LogP contribution in [0.4, 0.5) is 0 Å². The minimum atomic E-state index is -0.529. The molecule has 2 heterocycles. The molecular formula is C15H15N3O3. The maximum atomic E-state index is 11.7. The van der Waals surface area contributed by atoms with Crippen LogP contribution in [-0.2, 0) is 9.59 Å². The van der Waals surface area contributed by atoms with Crippen molar-refractivity contribution in [3.05, 3.63) is 35.7 Å². The molecule has 1 aliphatic rings. The van der Waals surface area contributed by atoms with Gasteiger partial charge in [0.25, 0.3) is 0 Å². The van der Waals surface area contributed by atoms with Gasteiger partial charge >= 0.3 is 0 Å². The van der Waals surface area contributed by atoms with Crippen LogP contribution in [0.5, 0.6) is 0 Å². The number of aryl methyl sites for hydroxylation is 1. The summed E-state index contributed by atoms with van der Waals surface area (Å²) in [7, 11) is 0. The van der Waals surface area contributed by atoms with Gasteiger partial charge in [-0.3, -0.25) is 14.5 Å². The SMILES string of the molecule is Cc1ccc(-c2nnc([C@H](C)N3C(=O)CCC3=O)o2)cc1. The quantitative estimate of drug-likeness (QED) is 0.808. The summed E-state index contributed by atoms with van der Waals surface area (Å²) in [6.45, 7) is 3.71. The van der Waals surface area contributed by atoms with Crippen LogP contribution in [-0.4, -0.2) is 26.9 Å². The number of rotatable bonds is 3. The lowest BCUT2D eigenvalue weighted by Gasteiger charge is -2.18. The van der Waals surface area contributed by atoms with Crippen molar-refractivity contribution in [3.8, 4) is 11.5 Å². The van der Waals surface area contributed by atoms with E-state index in [1.165, 1.54) is 4.90 Å². The Bertz CT molecular complexity index is 674. The molecule has 1 saturated heterocycles. The number of carbonyl (C=O) groups is 2. The molecular weight excluding hydrogens is 270 g/mol. The Morgan fingerprint density at radius 3 is 2.33 bits per heavy atom. The zero-order valence-electron chi connectivity index (χ0n) is 11.9. The lowest BCUT2D eigenvalue weighted by molar-refractivity contribution is -0.141. The Balaban J connectivity index is 1.86. The Morgan fingerprint density at radius 1 is 1.10 bits per heavy atom. The Labute approximate surface area is 121 Å². The molecule has 0 saturated carbocycles. The molecule has 0 aliphatic carbocycles. The summed E-state index contributed by atoms with van der Waals surface area (Å²) in [5.74, 6) is 0.273. The first-order chi connectivity index (χ1) is 10.1. The second-order valence-corrected chi connectivity index (χ2v) is 5.14. The van der Waals surface area contributed by atoms with Crippen molar-refractivity contribution in [1.29, 1.82) is 0 Å². The minimum Gasteiger partial charge on any atom is -0.418 e. The second kappa shape index (κ2) is 5.12. The van der Waals surface area contributed by atoms with Crippen LogP contribution in [0.2, 0.25) is 0 Å². The van der Waals surface area contributed by atoms with Crippen LogP contribution in [0.1, 0.15) is 37.3 Å². The molecule has 6 nitrogen and oxygen atoms in total. The molecule has 1 fully saturated rings. The van der Waals surface area contributed by atoms with E-state index >= 15 is 0 Å². The smallest absolute Gasteiger partial charge is 0.247 e. The van der Waals surface area contributed by atoms with Crippen LogP contribution in [0, 0.1) is 6.92 Å². The first kappa shape index (κ1) is 13.5. The highest BCUT2D eigenvalue weighted by atomic mass is 16.4. The lowest BCUT2D eigenvalue weighted by Crippen LogP contribution is -2.32. The van der Waals surface area contributed by atoms with Gasteiger partial charge in [-0.1, -0.05) is 17.7 Å². The molecule has 0 N–H and O–H groups in total. The summed E-state index contributed by atoms with van der Waals surface area (Å²) in [6.07, 6.45) is 0.504. The monoisotopic (exact) mass is 285 g/mol. The molecule has 3 rings (SSSR count). The van der Waals surface area contributed by atoms with Crippen molar-refractivity contribution in [2.75, 3.05) is 0 Å². The van der Waals surface area contributed by atoms with Crippen molar-refractivity contribution < 1.29 is 14.0 Å². The topological polar surface area (TPSA) is 76.3 Å². The van der Waals surface area contributed by atoms with Crippen molar-refractivity contribution in [3.63, 3.8) is 0 Å². The zero-order valence-corrected chi connectivity index (χ0v) is 11.9. The number of aromatic nitrogens is 2. The third-order valence-electron chi connectivity index (χ3n) is 3.57. The molecule has 2 aromatic rings. The maximum Gasteiger partial charge on any atom is 0.247 e. The van der Waals surface area contributed by atoms with E-state index in [0.717, 1.165) is 11.1 Å². The normalized spacial score (nSPS) is 16.6. The van der Waals surface area contributed by atoms with Crippen molar-refractivity contribution in [1.82, 2.24) is 15.1 Å². The van der Waals surface area contributed by atoms with Gasteiger partial charge in [0.2, 0.25) is 23.6 Å². The highest BCUT2D eigenvalue weighted by molar-refractivity contribution is 6.02. The molecule has 0 radical (unpaired) electrons. The molecule has 1 aromatic heterocycles. The van der Waals surface area contributed by atoms with E-state index in [1.807, 2.05) is 31.2 Å². The number of amides is 2. The van der Waals surface area contributed by atoms with Crippen LogP contribution >= 0.6 is 0 Å². The Kier molecular flexibility index (Phi) is 3.29. The fourth-order valence-electron chi connectivity index (χ4n) is 2.35. The Hall–Kier alpha value is -2.50. The summed E-state index contributed by atoms with van der Waals surface area (Å²) in [6, 6.07) is 7.17. The fourth-order valence-corrected chi connectivity index (χ4v) is 2.35. The van der Waals surface area contributed by atoms with Gasteiger partial charge in [-0.05, 0) is 26.0 Å². The van der Waals surface area contributed by atoms with Crippen molar-refractivity contribution in [2.24, 2.45) is 0 Å². The molecule has 1 aliphatic heterocycles. The second-order valence-electron chi connectivity index (χ2n) is 5.14. The van der Waals surface area contributed by atoms with E-state index in [0.29, 0.717) is 5.89 Å². The van der Waals surface area contributed by atoms with E-state index in [4.69, 9.17) is 4.42 Å². The molecule has 1 atom stereocenters. The zero-order chi connectivity index (χ0) is 15.0. The number of likely N-dealkylation sites (tertiary alicyclic amines) is 1. The van der Waals surface area contributed by atoms with Crippen LogP contribution in [0.15, 0.2) is 28.7 Å². The largest absolute Gasteiger partial charge is 0.418 e. The summed E-state index contributed by atoms with van der Waals surface area (Å²) in [5, 5.41) is 7.96. The first-order valence-electron chi connectivity index (χ1n) is 6.81. The predicted molar refractivity (Wildman–Crippen MR) is 74.0 cm³/mol. The highest BCUT2D eigenvalue weighted by Gasteiger charge is 2.35.